The lowest BCUT2D eigenvalue weighted by Crippen LogP contribution is -2.12. The second-order valence-corrected chi connectivity index (χ2v) is 3.54. The fourth-order valence-electron chi connectivity index (χ4n) is 1.45. The highest BCUT2D eigenvalue weighted by atomic mass is 19.2. The van der Waals surface area contributed by atoms with Crippen LogP contribution in [0.5, 0.6) is 0 Å². The van der Waals surface area contributed by atoms with Gasteiger partial charge in [0.05, 0.1) is 0 Å². The van der Waals surface area contributed by atoms with Crippen molar-refractivity contribution in [2.75, 3.05) is 0 Å². The van der Waals surface area contributed by atoms with E-state index < -0.39 is 11.6 Å². The Labute approximate surface area is 75.6 Å². The molecule has 70 valence electrons. The fraction of sp³-hybridized carbons (Fsp3) is 0.400. The van der Waals surface area contributed by atoms with Crippen molar-refractivity contribution < 1.29 is 8.78 Å². The first-order valence-electron chi connectivity index (χ1n) is 4.39. The van der Waals surface area contributed by atoms with Gasteiger partial charge in [-0.1, -0.05) is 6.07 Å². The van der Waals surface area contributed by atoms with Gasteiger partial charge in [-0.15, -0.1) is 0 Å². The number of halogens is 2. The molecule has 1 aromatic carbocycles. The lowest BCUT2D eigenvalue weighted by atomic mass is 10.0. The highest BCUT2D eigenvalue weighted by Gasteiger charge is 2.29. The maximum Gasteiger partial charge on any atom is 0.159 e. The molecule has 0 aromatic heterocycles. The third kappa shape index (κ3) is 1.70. The zero-order chi connectivity index (χ0) is 9.42. The van der Waals surface area contributed by atoms with Gasteiger partial charge in [0.1, 0.15) is 0 Å². The van der Waals surface area contributed by atoms with Gasteiger partial charge < -0.3 is 5.73 Å². The second-order valence-electron chi connectivity index (χ2n) is 3.54. The largest absolute Gasteiger partial charge is 0.324 e. The summed E-state index contributed by atoms with van der Waals surface area (Å²) < 4.78 is 25.4. The van der Waals surface area contributed by atoms with E-state index in [0.29, 0.717) is 11.5 Å². The highest BCUT2D eigenvalue weighted by molar-refractivity contribution is 5.22. The Morgan fingerprint density at radius 3 is 2.46 bits per heavy atom. The molecule has 0 heterocycles. The van der Waals surface area contributed by atoms with Crippen molar-refractivity contribution in [3.63, 3.8) is 0 Å². The molecule has 1 aliphatic rings. The van der Waals surface area contributed by atoms with Gasteiger partial charge in [0.2, 0.25) is 0 Å². The summed E-state index contributed by atoms with van der Waals surface area (Å²) in [5.41, 5.74) is 6.53. The quantitative estimate of drug-likeness (QED) is 0.748. The van der Waals surface area contributed by atoms with Gasteiger partial charge in [-0.2, -0.15) is 0 Å². The molecule has 1 saturated carbocycles. The summed E-state index contributed by atoms with van der Waals surface area (Å²) >= 11 is 0. The summed E-state index contributed by atoms with van der Waals surface area (Å²) in [4.78, 5) is 0. The van der Waals surface area contributed by atoms with Crippen LogP contribution in [0.25, 0.3) is 0 Å². The predicted octanol–water partition coefficient (Wildman–Crippen LogP) is 2.37. The molecule has 0 radical (unpaired) electrons. The third-order valence-electron chi connectivity index (χ3n) is 2.46. The Bertz CT molecular complexity index is 321. The normalized spacial score (nSPS) is 18.7. The van der Waals surface area contributed by atoms with Crippen LogP contribution in [0.3, 0.4) is 0 Å². The highest BCUT2D eigenvalue weighted by Crippen LogP contribution is 2.39. The van der Waals surface area contributed by atoms with Crippen LogP contribution in [0, 0.1) is 17.6 Å². The average Bonchev–Trinajstić information content (AvgIpc) is 2.91. The van der Waals surface area contributed by atoms with Crippen molar-refractivity contribution in [1.29, 1.82) is 0 Å². The number of hydrogen-bond donors (Lipinski definition) is 1. The minimum absolute atomic E-state index is 0.130. The summed E-state index contributed by atoms with van der Waals surface area (Å²) in [5.74, 6) is -1.16. The van der Waals surface area contributed by atoms with Crippen LogP contribution < -0.4 is 5.73 Å². The second kappa shape index (κ2) is 3.07. The van der Waals surface area contributed by atoms with Crippen molar-refractivity contribution >= 4 is 0 Å². The van der Waals surface area contributed by atoms with Crippen molar-refractivity contribution in [1.82, 2.24) is 0 Å². The number of benzene rings is 1. The van der Waals surface area contributed by atoms with Crippen LogP contribution in [0.2, 0.25) is 0 Å². The standard InChI is InChI=1S/C10H11F2N/c11-8-4-3-7(5-9(8)12)10(13)6-1-2-6/h3-6,10H,1-2,13H2/t10-/m0/s1. The first-order chi connectivity index (χ1) is 6.18. The van der Waals surface area contributed by atoms with E-state index in [-0.39, 0.29) is 6.04 Å². The van der Waals surface area contributed by atoms with Crippen molar-refractivity contribution in [3.8, 4) is 0 Å². The third-order valence-corrected chi connectivity index (χ3v) is 2.46. The molecule has 1 nitrogen and oxygen atoms in total. The van der Waals surface area contributed by atoms with E-state index in [4.69, 9.17) is 5.73 Å². The van der Waals surface area contributed by atoms with Gasteiger partial charge in [0.15, 0.2) is 11.6 Å². The predicted molar refractivity (Wildman–Crippen MR) is 46.0 cm³/mol. The molecule has 1 atom stereocenters. The molecule has 0 bridgehead atoms. The van der Waals surface area contributed by atoms with Crippen LogP contribution in [-0.4, -0.2) is 0 Å². The number of rotatable bonds is 2. The topological polar surface area (TPSA) is 26.0 Å². The Hall–Kier alpha value is -0.960. The van der Waals surface area contributed by atoms with Crippen LogP contribution >= 0.6 is 0 Å². The van der Waals surface area contributed by atoms with Gasteiger partial charge in [-0.25, -0.2) is 8.78 Å². The Balaban J connectivity index is 2.24. The summed E-state index contributed by atoms with van der Waals surface area (Å²) in [6, 6.07) is 3.75. The molecule has 0 amide bonds. The van der Waals surface area contributed by atoms with E-state index in [0.717, 1.165) is 18.9 Å². The summed E-state index contributed by atoms with van der Waals surface area (Å²) in [7, 11) is 0. The smallest absolute Gasteiger partial charge is 0.159 e. The first kappa shape index (κ1) is 8.63. The molecule has 2 N–H and O–H groups in total. The van der Waals surface area contributed by atoms with Crippen molar-refractivity contribution in [2.45, 2.75) is 18.9 Å². The lowest BCUT2D eigenvalue weighted by Gasteiger charge is -2.10. The van der Waals surface area contributed by atoms with Gasteiger partial charge in [-0.05, 0) is 36.5 Å². The minimum Gasteiger partial charge on any atom is -0.324 e. The molecular formula is C10H11F2N. The van der Waals surface area contributed by atoms with E-state index >= 15 is 0 Å². The zero-order valence-corrected chi connectivity index (χ0v) is 7.13. The average molecular weight is 183 g/mol. The minimum atomic E-state index is -0.813. The fourth-order valence-corrected chi connectivity index (χ4v) is 1.45. The molecule has 13 heavy (non-hydrogen) atoms. The van der Waals surface area contributed by atoms with E-state index in [1.165, 1.54) is 6.07 Å². The lowest BCUT2D eigenvalue weighted by molar-refractivity contribution is 0.503. The van der Waals surface area contributed by atoms with Crippen molar-refractivity contribution in [3.05, 3.63) is 35.4 Å². The summed E-state index contributed by atoms with van der Waals surface area (Å²) in [6.07, 6.45) is 2.19. The van der Waals surface area contributed by atoms with E-state index in [1.54, 1.807) is 6.07 Å². The van der Waals surface area contributed by atoms with E-state index in [1.807, 2.05) is 0 Å². The van der Waals surface area contributed by atoms with E-state index in [2.05, 4.69) is 0 Å². The van der Waals surface area contributed by atoms with Gasteiger partial charge >= 0.3 is 0 Å². The maximum absolute atomic E-state index is 12.8. The number of nitrogens with two attached hydrogens (primary N) is 1. The Morgan fingerprint density at radius 2 is 1.92 bits per heavy atom. The maximum atomic E-state index is 12.8. The Kier molecular flexibility index (Phi) is 2.04. The summed E-state index contributed by atoms with van der Waals surface area (Å²) in [5, 5.41) is 0. The van der Waals surface area contributed by atoms with Crippen LogP contribution in [0.4, 0.5) is 8.78 Å². The van der Waals surface area contributed by atoms with E-state index in [9.17, 15) is 8.78 Å². The van der Waals surface area contributed by atoms with Gasteiger partial charge in [0, 0.05) is 6.04 Å². The molecule has 0 aliphatic heterocycles. The molecule has 0 unspecified atom stereocenters. The molecule has 2 rings (SSSR count). The molecule has 3 heteroatoms. The Morgan fingerprint density at radius 1 is 1.23 bits per heavy atom. The monoisotopic (exact) mass is 183 g/mol. The number of hydrogen-bond acceptors (Lipinski definition) is 1. The molecule has 1 aromatic rings. The van der Waals surface area contributed by atoms with Crippen LogP contribution in [-0.2, 0) is 0 Å². The van der Waals surface area contributed by atoms with Crippen LogP contribution in [0.1, 0.15) is 24.4 Å². The van der Waals surface area contributed by atoms with Crippen LogP contribution in [0.15, 0.2) is 18.2 Å². The SMILES string of the molecule is N[C@H](c1ccc(F)c(F)c1)C1CC1. The summed E-state index contributed by atoms with van der Waals surface area (Å²) in [6.45, 7) is 0. The van der Waals surface area contributed by atoms with Gasteiger partial charge in [-0.3, -0.25) is 0 Å². The van der Waals surface area contributed by atoms with Gasteiger partial charge in [0.25, 0.3) is 0 Å². The molecule has 0 saturated heterocycles. The zero-order valence-electron chi connectivity index (χ0n) is 7.13. The molecule has 1 aliphatic carbocycles. The molecule has 0 spiro atoms. The molecular weight excluding hydrogens is 172 g/mol. The first-order valence-corrected chi connectivity index (χ1v) is 4.39. The molecule has 1 fully saturated rings. The van der Waals surface area contributed by atoms with Crippen molar-refractivity contribution in [2.24, 2.45) is 11.7 Å².